The van der Waals surface area contributed by atoms with Crippen molar-refractivity contribution in [1.82, 2.24) is 4.31 Å². The number of rotatable bonds is 4. The Morgan fingerprint density at radius 2 is 2.00 bits per heavy atom. The van der Waals surface area contributed by atoms with Gasteiger partial charge in [0.05, 0.1) is 22.8 Å². The summed E-state index contributed by atoms with van der Waals surface area (Å²) in [6.07, 6.45) is 0.602. The second-order valence-electron chi connectivity index (χ2n) is 5.07. The van der Waals surface area contributed by atoms with Crippen molar-refractivity contribution >= 4 is 21.7 Å². The van der Waals surface area contributed by atoms with Crippen molar-refractivity contribution < 1.29 is 27.3 Å². The van der Waals surface area contributed by atoms with E-state index in [9.17, 15) is 27.7 Å². The van der Waals surface area contributed by atoms with E-state index >= 15 is 0 Å². The van der Waals surface area contributed by atoms with E-state index in [0.29, 0.717) is 18.9 Å². The number of nitro groups is 1. The van der Waals surface area contributed by atoms with E-state index in [1.54, 1.807) is 0 Å². The molecule has 1 fully saturated rings. The first kappa shape index (κ1) is 17.3. The Kier molecular flexibility index (Phi) is 4.95. The number of nitro benzene ring substituents is 1. The maximum atomic E-state index is 13.3. The zero-order valence-corrected chi connectivity index (χ0v) is 13.1. The van der Waals surface area contributed by atoms with Crippen molar-refractivity contribution in [1.29, 1.82) is 0 Å². The van der Waals surface area contributed by atoms with Crippen LogP contribution in [0.3, 0.4) is 0 Å². The van der Waals surface area contributed by atoms with Gasteiger partial charge in [0.1, 0.15) is 0 Å². The molecule has 1 aliphatic rings. The van der Waals surface area contributed by atoms with Crippen LogP contribution in [0.15, 0.2) is 23.1 Å². The molecule has 126 valence electrons. The van der Waals surface area contributed by atoms with Crippen molar-refractivity contribution in [2.24, 2.45) is 5.92 Å². The number of esters is 1. The van der Waals surface area contributed by atoms with Gasteiger partial charge in [-0.1, -0.05) is 0 Å². The Morgan fingerprint density at radius 1 is 1.39 bits per heavy atom. The van der Waals surface area contributed by atoms with Crippen LogP contribution in [0.1, 0.15) is 12.8 Å². The largest absolute Gasteiger partial charge is 0.469 e. The summed E-state index contributed by atoms with van der Waals surface area (Å²) in [5.41, 5.74) is -0.893. The fourth-order valence-corrected chi connectivity index (χ4v) is 3.93. The number of halogens is 1. The second kappa shape index (κ2) is 6.59. The van der Waals surface area contributed by atoms with Crippen molar-refractivity contribution in [3.8, 4) is 0 Å². The quantitative estimate of drug-likeness (QED) is 0.462. The topological polar surface area (TPSA) is 107 Å². The highest BCUT2D eigenvalue weighted by Gasteiger charge is 2.33. The summed E-state index contributed by atoms with van der Waals surface area (Å²) in [5.74, 6) is -1.85. The van der Waals surface area contributed by atoms with Crippen LogP contribution in [0.2, 0.25) is 0 Å². The van der Waals surface area contributed by atoms with Gasteiger partial charge in [-0.3, -0.25) is 14.9 Å². The fraction of sp³-hybridized carbons (Fsp3) is 0.462. The van der Waals surface area contributed by atoms with Crippen LogP contribution in [0.5, 0.6) is 0 Å². The third-order valence-corrected chi connectivity index (χ3v) is 5.64. The van der Waals surface area contributed by atoms with E-state index in [4.69, 9.17) is 0 Å². The highest BCUT2D eigenvalue weighted by molar-refractivity contribution is 7.89. The van der Waals surface area contributed by atoms with Crippen molar-refractivity contribution in [3.05, 3.63) is 34.1 Å². The van der Waals surface area contributed by atoms with E-state index in [2.05, 4.69) is 4.74 Å². The smallest absolute Gasteiger partial charge is 0.308 e. The lowest BCUT2D eigenvalue weighted by Gasteiger charge is -2.29. The Bertz CT molecular complexity index is 728. The highest BCUT2D eigenvalue weighted by Crippen LogP contribution is 2.27. The van der Waals surface area contributed by atoms with Crippen molar-refractivity contribution in [2.75, 3.05) is 20.2 Å². The predicted octanol–water partition coefficient (Wildman–Crippen LogP) is 1.31. The van der Waals surface area contributed by atoms with E-state index in [-0.39, 0.29) is 29.9 Å². The van der Waals surface area contributed by atoms with Crippen LogP contribution in [-0.2, 0) is 19.6 Å². The molecule has 0 bridgehead atoms. The number of hydrogen-bond donors (Lipinski definition) is 0. The van der Waals surface area contributed by atoms with Crippen LogP contribution < -0.4 is 0 Å². The third kappa shape index (κ3) is 3.48. The van der Waals surface area contributed by atoms with Crippen molar-refractivity contribution in [3.63, 3.8) is 0 Å². The van der Waals surface area contributed by atoms with Gasteiger partial charge in [0.2, 0.25) is 15.8 Å². The summed E-state index contributed by atoms with van der Waals surface area (Å²) >= 11 is 0. The maximum Gasteiger partial charge on any atom is 0.308 e. The van der Waals surface area contributed by atoms with E-state index in [1.807, 2.05) is 0 Å². The molecule has 0 saturated carbocycles. The molecule has 0 aromatic heterocycles. The molecule has 0 N–H and O–H groups in total. The monoisotopic (exact) mass is 346 g/mol. The van der Waals surface area contributed by atoms with Crippen LogP contribution in [-0.4, -0.2) is 43.8 Å². The number of benzene rings is 1. The van der Waals surface area contributed by atoms with Gasteiger partial charge >= 0.3 is 11.7 Å². The number of nitrogens with zero attached hydrogens (tertiary/aromatic N) is 2. The summed E-state index contributed by atoms with van der Waals surface area (Å²) in [5, 5.41) is 10.7. The van der Waals surface area contributed by atoms with Crippen LogP contribution >= 0.6 is 0 Å². The van der Waals surface area contributed by atoms with Gasteiger partial charge in [-0.2, -0.15) is 8.70 Å². The van der Waals surface area contributed by atoms with Gasteiger partial charge in [0, 0.05) is 19.2 Å². The number of carbonyl (C=O) groups excluding carboxylic acids is 1. The molecule has 1 aromatic carbocycles. The Morgan fingerprint density at radius 3 is 2.52 bits per heavy atom. The molecular weight excluding hydrogens is 331 g/mol. The molecule has 0 amide bonds. The molecule has 0 spiro atoms. The average molecular weight is 346 g/mol. The van der Waals surface area contributed by atoms with Gasteiger partial charge in [0.25, 0.3) is 0 Å². The fourth-order valence-electron chi connectivity index (χ4n) is 2.44. The molecule has 2 rings (SSSR count). The summed E-state index contributed by atoms with van der Waals surface area (Å²) in [4.78, 5) is 20.9. The highest BCUT2D eigenvalue weighted by atomic mass is 32.2. The zero-order chi connectivity index (χ0) is 17.2. The van der Waals surface area contributed by atoms with Gasteiger partial charge in [-0.05, 0) is 25.0 Å². The summed E-state index contributed by atoms with van der Waals surface area (Å²) in [7, 11) is -2.71. The van der Waals surface area contributed by atoms with E-state index < -0.39 is 26.5 Å². The molecule has 1 aromatic rings. The third-order valence-electron chi connectivity index (χ3n) is 3.74. The second-order valence-corrected chi connectivity index (χ2v) is 7.01. The number of ether oxygens (including phenoxy) is 1. The first-order chi connectivity index (χ1) is 10.8. The lowest BCUT2D eigenvalue weighted by Crippen LogP contribution is -2.40. The summed E-state index contributed by atoms with van der Waals surface area (Å²) < 4.78 is 44.1. The Hall–Kier alpha value is -2.07. The summed E-state index contributed by atoms with van der Waals surface area (Å²) in [6.45, 7) is 0.181. The molecule has 0 aliphatic carbocycles. The number of piperidine rings is 1. The molecule has 10 heteroatoms. The van der Waals surface area contributed by atoms with Crippen molar-refractivity contribution in [2.45, 2.75) is 17.7 Å². The lowest BCUT2D eigenvalue weighted by atomic mass is 9.99. The normalized spacial score (nSPS) is 17.0. The first-order valence-electron chi connectivity index (χ1n) is 6.79. The molecule has 0 unspecified atom stereocenters. The molecule has 1 saturated heterocycles. The lowest BCUT2D eigenvalue weighted by molar-refractivity contribution is -0.387. The molecule has 0 radical (unpaired) electrons. The standard InChI is InChI=1S/C13H15FN2O6S/c1-22-13(17)9-4-6-15(7-5-9)23(20,21)10-2-3-11(14)12(8-10)16(18)19/h2-3,8-9H,4-7H2,1H3. The molecule has 8 nitrogen and oxygen atoms in total. The molecule has 0 atom stereocenters. The first-order valence-corrected chi connectivity index (χ1v) is 8.23. The average Bonchev–Trinajstić information content (AvgIpc) is 2.54. The minimum Gasteiger partial charge on any atom is -0.469 e. The van der Waals surface area contributed by atoms with Gasteiger partial charge < -0.3 is 4.74 Å². The molecule has 1 heterocycles. The molecule has 1 aliphatic heterocycles. The number of methoxy groups -OCH3 is 1. The zero-order valence-electron chi connectivity index (χ0n) is 12.3. The number of sulfonamides is 1. The Balaban J connectivity index is 2.22. The SMILES string of the molecule is COC(=O)C1CCN(S(=O)(=O)c2ccc(F)c([N+](=O)[O-])c2)CC1. The van der Waals surface area contributed by atoms with E-state index in [1.165, 1.54) is 7.11 Å². The summed E-state index contributed by atoms with van der Waals surface area (Å²) in [6, 6.07) is 2.45. The number of carbonyl (C=O) groups is 1. The van der Waals surface area contributed by atoms with Gasteiger partial charge in [0.15, 0.2) is 0 Å². The minimum absolute atomic E-state index is 0.0905. The van der Waals surface area contributed by atoms with Crippen LogP contribution in [0.4, 0.5) is 10.1 Å². The minimum atomic E-state index is -3.98. The number of hydrogen-bond acceptors (Lipinski definition) is 6. The maximum absolute atomic E-state index is 13.3. The van der Waals surface area contributed by atoms with E-state index in [0.717, 1.165) is 16.4 Å². The predicted molar refractivity (Wildman–Crippen MR) is 76.6 cm³/mol. The Labute approximate surface area is 132 Å². The van der Waals surface area contributed by atoms with Crippen LogP contribution in [0, 0.1) is 21.8 Å². The molecular formula is C13H15FN2O6S. The van der Waals surface area contributed by atoms with Gasteiger partial charge in [-0.15, -0.1) is 0 Å². The van der Waals surface area contributed by atoms with Gasteiger partial charge in [-0.25, -0.2) is 8.42 Å². The van der Waals surface area contributed by atoms with Crippen LogP contribution in [0.25, 0.3) is 0 Å². The molecule has 23 heavy (non-hydrogen) atoms.